The van der Waals surface area contributed by atoms with Gasteiger partial charge in [0, 0.05) is 42.6 Å². The highest BCUT2D eigenvalue weighted by Crippen LogP contribution is 2.15. The minimum Gasteiger partial charge on any atom is -0.376 e. The van der Waals surface area contributed by atoms with Crippen LogP contribution in [0.1, 0.15) is 28.8 Å². The second kappa shape index (κ2) is 9.61. The minimum atomic E-state index is -0.482. The highest BCUT2D eigenvalue weighted by atomic mass is 16.6. The topological polar surface area (TPSA) is 111 Å². The van der Waals surface area contributed by atoms with Crippen molar-refractivity contribution >= 4 is 29.3 Å². The van der Waals surface area contributed by atoms with Gasteiger partial charge in [-0.25, -0.2) is 0 Å². The van der Waals surface area contributed by atoms with Crippen LogP contribution in [0.3, 0.4) is 0 Å². The van der Waals surface area contributed by atoms with Crippen LogP contribution in [-0.2, 0) is 9.53 Å². The van der Waals surface area contributed by atoms with Gasteiger partial charge in [0.2, 0.25) is 5.91 Å². The summed E-state index contributed by atoms with van der Waals surface area (Å²) in [6, 6.07) is 12.5. The van der Waals surface area contributed by atoms with Crippen LogP contribution in [-0.4, -0.2) is 36.0 Å². The quantitative estimate of drug-likeness (QED) is 0.425. The maximum absolute atomic E-state index is 12.3. The van der Waals surface area contributed by atoms with E-state index in [1.165, 1.54) is 18.2 Å². The summed E-state index contributed by atoms with van der Waals surface area (Å²) in [5.41, 5.74) is 1.59. The Kier molecular flexibility index (Phi) is 6.70. The summed E-state index contributed by atoms with van der Waals surface area (Å²) >= 11 is 0. The van der Waals surface area contributed by atoms with Gasteiger partial charge in [-0.2, -0.15) is 0 Å². The molecule has 2 N–H and O–H groups in total. The molecular formula is C21H21N3O5. The van der Waals surface area contributed by atoms with E-state index >= 15 is 0 Å². The average molecular weight is 395 g/mol. The molecule has 150 valence electrons. The van der Waals surface area contributed by atoms with Crippen LogP contribution in [0.15, 0.2) is 54.6 Å². The molecule has 2 amide bonds. The van der Waals surface area contributed by atoms with E-state index in [0.717, 1.165) is 19.4 Å². The fourth-order valence-corrected chi connectivity index (χ4v) is 2.92. The van der Waals surface area contributed by atoms with Crippen LogP contribution in [0.5, 0.6) is 0 Å². The fraction of sp³-hybridized carbons (Fsp3) is 0.238. The second-order valence-electron chi connectivity index (χ2n) is 6.60. The summed E-state index contributed by atoms with van der Waals surface area (Å²) in [6.45, 7) is 1.20. The molecule has 1 aliphatic heterocycles. The number of amides is 2. The normalized spacial score (nSPS) is 15.9. The third kappa shape index (κ3) is 5.98. The maximum Gasteiger partial charge on any atom is 0.269 e. The molecule has 2 aromatic carbocycles. The second-order valence-corrected chi connectivity index (χ2v) is 6.60. The Morgan fingerprint density at radius 2 is 2.00 bits per heavy atom. The van der Waals surface area contributed by atoms with E-state index in [0.29, 0.717) is 23.4 Å². The Morgan fingerprint density at radius 3 is 2.69 bits per heavy atom. The van der Waals surface area contributed by atoms with Crippen molar-refractivity contribution < 1.29 is 19.2 Å². The molecule has 1 atom stereocenters. The van der Waals surface area contributed by atoms with Crippen LogP contribution in [0, 0.1) is 10.1 Å². The first kappa shape index (κ1) is 20.2. The van der Waals surface area contributed by atoms with E-state index in [-0.39, 0.29) is 23.6 Å². The Bertz CT molecular complexity index is 918. The number of hydrogen-bond acceptors (Lipinski definition) is 5. The number of nitrogens with one attached hydrogen (secondary N) is 2. The predicted octanol–water partition coefficient (Wildman–Crippen LogP) is 3.16. The molecule has 1 unspecified atom stereocenters. The Balaban J connectivity index is 1.55. The van der Waals surface area contributed by atoms with Crippen LogP contribution in [0.4, 0.5) is 11.4 Å². The molecule has 3 rings (SSSR count). The van der Waals surface area contributed by atoms with Crippen molar-refractivity contribution in [3.8, 4) is 0 Å². The van der Waals surface area contributed by atoms with E-state index in [1.54, 1.807) is 42.5 Å². The fourth-order valence-electron chi connectivity index (χ4n) is 2.92. The molecule has 1 aliphatic rings. The van der Waals surface area contributed by atoms with Crippen molar-refractivity contribution in [2.75, 3.05) is 18.5 Å². The lowest BCUT2D eigenvalue weighted by Crippen LogP contribution is -2.31. The van der Waals surface area contributed by atoms with Crippen molar-refractivity contribution in [2.24, 2.45) is 0 Å². The van der Waals surface area contributed by atoms with Crippen LogP contribution >= 0.6 is 0 Å². The van der Waals surface area contributed by atoms with Crippen LogP contribution in [0.25, 0.3) is 6.08 Å². The van der Waals surface area contributed by atoms with Gasteiger partial charge in [0.1, 0.15) is 0 Å². The molecule has 0 saturated carbocycles. The number of ether oxygens (including phenoxy) is 1. The van der Waals surface area contributed by atoms with Gasteiger partial charge in [-0.05, 0) is 54.8 Å². The number of nitro groups is 1. The molecular weight excluding hydrogens is 374 g/mol. The first-order valence-electron chi connectivity index (χ1n) is 9.24. The third-order valence-electron chi connectivity index (χ3n) is 4.44. The summed E-state index contributed by atoms with van der Waals surface area (Å²) in [4.78, 5) is 34.6. The monoisotopic (exact) mass is 395 g/mol. The molecule has 0 aromatic heterocycles. The largest absolute Gasteiger partial charge is 0.376 e. The minimum absolute atomic E-state index is 0.0128. The first-order valence-corrected chi connectivity index (χ1v) is 9.24. The number of benzene rings is 2. The molecule has 1 saturated heterocycles. The smallest absolute Gasteiger partial charge is 0.269 e. The summed E-state index contributed by atoms with van der Waals surface area (Å²) in [7, 11) is 0. The zero-order chi connectivity index (χ0) is 20.6. The zero-order valence-electron chi connectivity index (χ0n) is 15.7. The highest BCUT2D eigenvalue weighted by Gasteiger charge is 2.16. The van der Waals surface area contributed by atoms with Crippen molar-refractivity contribution in [1.29, 1.82) is 0 Å². The lowest BCUT2D eigenvalue weighted by atomic mass is 10.1. The summed E-state index contributed by atoms with van der Waals surface area (Å²) in [6.07, 6.45) is 4.89. The number of nitro benzene ring substituents is 1. The van der Waals surface area contributed by atoms with E-state index in [9.17, 15) is 19.7 Å². The molecule has 0 aliphatic carbocycles. The van der Waals surface area contributed by atoms with Crippen LogP contribution in [0.2, 0.25) is 0 Å². The van der Waals surface area contributed by atoms with Crippen LogP contribution < -0.4 is 10.6 Å². The SMILES string of the molecule is O=C(/C=C/c1ccc([N+](=O)[O-])cc1)Nc1cccc(C(=O)NCC2CCCO2)c1. The molecule has 0 bridgehead atoms. The van der Waals surface area contributed by atoms with Gasteiger partial charge in [0.25, 0.3) is 11.6 Å². The molecule has 0 radical (unpaired) electrons. The Morgan fingerprint density at radius 1 is 1.21 bits per heavy atom. The highest BCUT2D eigenvalue weighted by molar-refractivity contribution is 6.03. The van der Waals surface area contributed by atoms with Gasteiger partial charge >= 0.3 is 0 Å². The van der Waals surface area contributed by atoms with E-state index in [2.05, 4.69) is 10.6 Å². The first-order chi connectivity index (χ1) is 14.0. The molecule has 1 fully saturated rings. The standard InChI is InChI=1S/C21H21N3O5/c25-20(11-8-15-6-9-18(10-7-15)24(27)28)23-17-4-1-3-16(13-17)21(26)22-14-19-5-2-12-29-19/h1,3-4,6-11,13,19H,2,5,12,14H2,(H,22,26)(H,23,25)/b11-8+. The Hall–Kier alpha value is -3.52. The number of nitrogens with zero attached hydrogens (tertiary/aromatic N) is 1. The number of rotatable bonds is 7. The van der Waals surface area contributed by atoms with Crippen molar-refractivity contribution in [1.82, 2.24) is 5.32 Å². The van der Waals surface area contributed by atoms with Crippen molar-refractivity contribution in [3.05, 3.63) is 75.8 Å². The van der Waals surface area contributed by atoms with Gasteiger partial charge in [-0.3, -0.25) is 19.7 Å². The van der Waals surface area contributed by atoms with Crippen molar-refractivity contribution in [3.63, 3.8) is 0 Å². The molecule has 2 aromatic rings. The van der Waals surface area contributed by atoms with E-state index in [4.69, 9.17) is 4.74 Å². The molecule has 8 nitrogen and oxygen atoms in total. The Labute approximate surface area is 167 Å². The van der Waals surface area contributed by atoms with E-state index < -0.39 is 4.92 Å². The molecule has 8 heteroatoms. The summed E-state index contributed by atoms with van der Waals surface area (Å²) in [5.74, 6) is -0.599. The molecule has 0 spiro atoms. The lowest BCUT2D eigenvalue weighted by molar-refractivity contribution is -0.384. The van der Waals surface area contributed by atoms with Gasteiger partial charge in [0.05, 0.1) is 11.0 Å². The average Bonchev–Trinajstić information content (AvgIpc) is 3.24. The van der Waals surface area contributed by atoms with E-state index in [1.807, 2.05) is 0 Å². The number of anilines is 1. The number of carbonyl (C=O) groups is 2. The van der Waals surface area contributed by atoms with Gasteiger partial charge < -0.3 is 15.4 Å². The summed E-state index contributed by atoms with van der Waals surface area (Å²) in [5, 5.41) is 16.2. The number of hydrogen-bond donors (Lipinski definition) is 2. The lowest BCUT2D eigenvalue weighted by Gasteiger charge is -2.11. The maximum atomic E-state index is 12.3. The summed E-state index contributed by atoms with van der Waals surface area (Å²) < 4.78 is 5.48. The molecule has 1 heterocycles. The third-order valence-corrected chi connectivity index (χ3v) is 4.44. The number of carbonyl (C=O) groups excluding carboxylic acids is 2. The van der Waals surface area contributed by atoms with Gasteiger partial charge in [-0.1, -0.05) is 6.07 Å². The predicted molar refractivity (Wildman–Crippen MR) is 109 cm³/mol. The van der Waals surface area contributed by atoms with Gasteiger partial charge in [0.15, 0.2) is 0 Å². The van der Waals surface area contributed by atoms with Crippen molar-refractivity contribution in [2.45, 2.75) is 18.9 Å². The number of non-ortho nitro benzene ring substituents is 1. The van der Waals surface area contributed by atoms with Gasteiger partial charge in [-0.15, -0.1) is 0 Å². The zero-order valence-corrected chi connectivity index (χ0v) is 15.7. The molecule has 29 heavy (non-hydrogen) atoms.